The number of benzene rings is 2. The Morgan fingerprint density at radius 3 is 2.56 bits per heavy atom. The molecule has 0 N–H and O–H groups in total. The van der Waals surface area contributed by atoms with Crippen LogP contribution in [0.3, 0.4) is 0 Å². The number of nitrogens with zero attached hydrogens (tertiary/aromatic N) is 2. The van der Waals surface area contributed by atoms with Crippen LogP contribution < -0.4 is 14.2 Å². The maximum absolute atomic E-state index is 6.07. The van der Waals surface area contributed by atoms with E-state index >= 15 is 0 Å². The third-order valence-corrected chi connectivity index (χ3v) is 4.18. The number of methoxy groups -OCH3 is 2. The van der Waals surface area contributed by atoms with Crippen molar-refractivity contribution in [1.29, 1.82) is 0 Å². The highest BCUT2D eigenvalue weighted by molar-refractivity contribution is 6.42. The Labute approximate surface area is 154 Å². The Hall–Kier alpha value is -2.44. The standard InChI is InChI=1S/C17H14Cl2N2O4/c1-22-12-7-6-10(8-14(12)23-2)17-20-15(25-21-17)9-24-13-5-3-4-11(18)16(13)19/h3-8H,9H2,1-2H3. The molecule has 3 rings (SSSR count). The van der Waals surface area contributed by atoms with Gasteiger partial charge in [-0.2, -0.15) is 4.98 Å². The average molecular weight is 381 g/mol. The topological polar surface area (TPSA) is 66.6 Å². The summed E-state index contributed by atoms with van der Waals surface area (Å²) in [6.45, 7) is 0.0698. The summed E-state index contributed by atoms with van der Waals surface area (Å²) in [5, 5.41) is 4.70. The quantitative estimate of drug-likeness (QED) is 0.620. The Bertz CT molecular complexity index is 883. The molecule has 8 heteroatoms. The summed E-state index contributed by atoms with van der Waals surface area (Å²) in [5.41, 5.74) is 0.730. The van der Waals surface area contributed by atoms with Crippen LogP contribution in [0.5, 0.6) is 17.2 Å². The predicted molar refractivity (Wildman–Crippen MR) is 93.6 cm³/mol. The van der Waals surface area contributed by atoms with Crippen LogP contribution in [0.25, 0.3) is 11.4 Å². The number of aromatic nitrogens is 2. The number of halogens is 2. The van der Waals surface area contributed by atoms with Crippen molar-refractivity contribution in [2.45, 2.75) is 6.61 Å². The lowest BCUT2D eigenvalue weighted by Crippen LogP contribution is -1.96. The van der Waals surface area contributed by atoms with E-state index in [4.69, 9.17) is 41.9 Å². The van der Waals surface area contributed by atoms with Crippen LogP contribution in [0.15, 0.2) is 40.9 Å². The molecule has 0 bridgehead atoms. The van der Waals surface area contributed by atoms with Crippen molar-refractivity contribution in [3.05, 3.63) is 52.3 Å². The van der Waals surface area contributed by atoms with Gasteiger partial charge in [-0.1, -0.05) is 34.4 Å². The van der Waals surface area contributed by atoms with E-state index in [-0.39, 0.29) is 6.61 Å². The smallest absolute Gasteiger partial charge is 0.264 e. The van der Waals surface area contributed by atoms with Gasteiger partial charge in [0.15, 0.2) is 18.1 Å². The van der Waals surface area contributed by atoms with Crippen LogP contribution in [0.2, 0.25) is 10.0 Å². The maximum atomic E-state index is 6.07. The molecule has 2 aromatic carbocycles. The van der Waals surface area contributed by atoms with Crippen LogP contribution in [0, 0.1) is 0 Å². The molecule has 130 valence electrons. The van der Waals surface area contributed by atoms with Crippen LogP contribution in [0.1, 0.15) is 5.89 Å². The number of hydrogen-bond donors (Lipinski definition) is 0. The van der Waals surface area contributed by atoms with Crippen LogP contribution in [-0.2, 0) is 6.61 Å². The molecule has 0 unspecified atom stereocenters. The lowest BCUT2D eigenvalue weighted by atomic mass is 10.2. The van der Waals surface area contributed by atoms with E-state index in [9.17, 15) is 0 Å². The lowest BCUT2D eigenvalue weighted by molar-refractivity contribution is 0.243. The zero-order chi connectivity index (χ0) is 17.8. The molecule has 0 aliphatic carbocycles. The largest absolute Gasteiger partial charge is 0.493 e. The minimum atomic E-state index is 0.0698. The second-order valence-electron chi connectivity index (χ2n) is 4.92. The Balaban J connectivity index is 1.75. The third-order valence-electron chi connectivity index (χ3n) is 3.38. The Kier molecular flexibility index (Phi) is 5.31. The van der Waals surface area contributed by atoms with Gasteiger partial charge in [0.1, 0.15) is 10.8 Å². The first-order valence-corrected chi connectivity index (χ1v) is 7.99. The molecule has 0 aliphatic heterocycles. The number of ether oxygens (including phenoxy) is 3. The third kappa shape index (κ3) is 3.81. The first-order chi connectivity index (χ1) is 12.1. The minimum absolute atomic E-state index is 0.0698. The highest BCUT2D eigenvalue weighted by Gasteiger charge is 2.13. The highest BCUT2D eigenvalue weighted by atomic mass is 35.5. The molecular weight excluding hydrogens is 367 g/mol. The predicted octanol–water partition coefficient (Wildman–Crippen LogP) is 4.64. The van der Waals surface area contributed by atoms with Crippen molar-refractivity contribution in [3.63, 3.8) is 0 Å². The molecule has 1 heterocycles. The van der Waals surface area contributed by atoms with E-state index in [1.807, 2.05) is 6.07 Å². The lowest BCUT2D eigenvalue weighted by Gasteiger charge is -2.07. The van der Waals surface area contributed by atoms with Gasteiger partial charge in [0.05, 0.1) is 19.2 Å². The van der Waals surface area contributed by atoms with Crippen LogP contribution in [0.4, 0.5) is 0 Å². The van der Waals surface area contributed by atoms with Gasteiger partial charge in [0, 0.05) is 5.56 Å². The molecule has 6 nitrogen and oxygen atoms in total. The van der Waals surface area contributed by atoms with E-state index in [2.05, 4.69) is 10.1 Å². The molecule has 0 radical (unpaired) electrons. The second-order valence-corrected chi connectivity index (χ2v) is 5.71. The zero-order valence-electron chi connectivity index (χ0n) is 13.5. The SMILES string of the molecule is COc1ccc(-c2noc(COc3cccc(Cl)c3Cl)n2)cc1OC. The molecule has 0 amide bonds. The van der Waals surface area contributed by atoms with Crippen molar-refractivity contribution in [2.75, 3.05) is 14.2 Å². The van der Waals surface area contributed by atoms with E-state index in [1.54, 1.807) is 44.6 Å². The fourth-order valence-corrected chi connectivity index (χ4v) is 2.49. The first kappa shape index (κ1) is 17.4. The van der Waals surface area contributed by atoms with Crippen molar-refractivity contribution < 1.29 is 18.7 Å². The summed E-state index contributed by atoms with van der Waals surface area (Å²) in [6.07, 6.45) is 0. The molecule has 0 fully saturated rings. The van der Waals surface area contributed by atoms with Gasteiger partial charge >= 0.3 is 0 Å². The normalized spacial score (nSPS) is 10.6. The molecular formula is C17H14Cl2N2O4. The number of hydrogen-bond acceptors (Lipinski definition) is 6. The first-order valence-electron chi connectivity index (χ1n) is 7.24. The van der Waals surface area contributed by atoms with Gasteiger partial charge < -0.3 is 18.7 Å². The fourth-order valence-electron chi connectivity index (χ4n) is 2.14. The average Bonchev–Trinajstić information content (AvgIpc) is 3.11. The summed E-state index contributed by atoms with van der Waals surface area (Å²) in [7, 11) is 3.13. The summed E-state index contributed by atoms with van der Waals surface area (Å²) < 4.78 is 21.3. The van der Waals surface area contributed by atoms with E-state index in [1.165, 1.54) is 0 Å². The van der Waals surface area contributed by atoms with Crippen molar-refractivity contribution >= 4 is 23.2 Å². The van der Waals surface area contributed by atoms with Crippen LogP contribution >= 0.6 is 23.2 Å². The molecule has 0 saturated heterocycles. The van der Waals surface area contributed by atoms with Crippen molar-refractivity contribution in [3.8, 4) is 28.6 Å². The zero-order valence-corrected chi connectivity index (χ0v) is 15.0. The van der Waals surface area contributed by atoms with Gasteiger partial charge in [0.25, 0.3) is 5.89 Å². The van der Waals surface area contributed by atoms with Crippen molar-refractivity contribution in [1.82, 2.24) is 10.1 Å². The summed E-state index contributed by atoms with van der Waals surface area (Å²) in [5.74, 6) is 2.36. The molecule has 0 spiro atoms. The summed E-state index contributed by atoms with van der Waals surface area (Å²) in [4.78, 5) is 4.30. The molecule has 1 aromatic heterocycles. The van der Waals surface area contributed by atoms with Crippen LogP contribution in [-0.4, -0.2) is 24.4 Å². The molecule has 0 aliphatic rings. The number of rotatable bonds is 6. The van der Waals surface area contributed by atoms with E-state index in [0.29, 0.717) is 39.0 Å². The molecule has 0 atom stereocenters. The van der Waals surface area contributed by atoms with Gasteiger partial charge in [-0.25, -0.2) is 0 Å². The summed E-state index contributed by atoms with van der Waals surface area (Å²) in [6, 6.07) is 10.5. The Morgan fingerprint density at radius 2 is 1.80 bits per heavy atom. The highest BCUT2D eigenvalue weighted by Crippen LogP contribution is 2.33. The molecule has 0 saturated carbocycles. The molecule has 3 aromatic rings. The second kappa shape index (κ2) is 7.63. The van der Waals surface area contributed by atoms with Gasteiger partial charge in [0.2, 0.25) is 5.82 Å². The Morgan fingerprint density at radius 1 is 1.00 bits per heavy atom. The van der Waals surface area contributed by atoms with Gasteiger partial charge in [-0.3, -0.25) is 0 Å². The van der Waals surface area contributed by atoms with E-state index < -0.39 is 0 Å². The maximum Gasteiger partial charge on any atom is 0.264 e. The minimum Gasteiger partial charge on any atom is -0.493 e. The van der Waals surface area contributed by atoms with Gasteiger partial charge in [-0.15, -0.1) is 0 Å². The monoisotopic (exact) mass is 380 g/mol. The van der Waals surface area contributed by atoms with Gasteiger partial charge in [-0.05, 0) is 30.3 Å². The fraction of sp³-hybridized carbons (Fsp3) is 0.176. The molecule has 25 heavy (non-hydrogen) atoms. The van der Waals surface area contributed by atoms with E-state index in [0.717, 1.165) is 5.56 Å². The van der Waals surface area contributed by atoms with Crippen molar-refractivity contribution in [2.24, 2.45) is 0 Å². The summed E-state index contributed by atoms with van der Waals surface area (Å²) >= 11 is 12.0.